The van der Waals surface area contributed by atoms with E-state index in [1.54, 1.807) is 4.68 Å². The van der Waals surface area contributed by atoms with Crippen molar-refractivity contribution in [1.82, 2.24) is 9.78 Å². The van der Waals surface area contributed by atoms with Gasteiger partial charge in [-0.05, 0) is 32.4 Å². The van der Waals surface area contributed by atoms with Gasteiger partial charge in [-0.1, -0.05) is 36.7 Å². The van der Waals surface area contributed by atoms with Crippen molar-refractivity contribution in [3.8, 4) is 0 Å². The minimum atomic E-state index is -0.360. The van der Waals surface area contributed by atoms with Gasteiger partial charge in [0, 0.05) is 5.69 Å². The molecule has 0 fully saturated rings. The molecule has 1 N–H and O–H groups in total. The fourth-order valence-electron chi connectivity index (χ4n) is 2.16. The highest BCUT2D eigenvalue weighted by molar-refractivity contribution is 6.31. The van der Waals surface area contributed by atoms with Gasteiger partial charge in [-0.3, -0.25) is 9.48 Å². The second-order valence-electron chi connectivity index (χ2n) is 4.71. The number of amides is 1. The molecule has 0 saturated heterocycles. The van der Waals surface area contributed by atoms with Crippen molar-refractivity contribution in [2.45, 2.75) is 33.2 Å². The summed E-state index contributed by atoms with van der Waals surface area (Å²) in [5, 5.41) is 7.89. The van der Waals surface area contributed by atoms with E-state index in [-0.39, 0.29) is 11.9 Å². The summed E-state index contributed by atoms with van der Waals surface area (Å²) in [4.78, 5) is 12.4. The fourth-order valence-corrected chi connectivity index (χ4v) is 2.29. The first-order chi connectivity index (χ1) is 9.54. The van der Waals surface area contributed by atoms with Gasteiger partial charge >= 0.3 is 0 Å². The third-order valence-corrected chi connectivity index (χ3v) is 3.81. The largest absolute Gasteiger partial charge is 0.324 e. The summed E-state index contributed by atoms with van der Waals surface area (Å²) in [6, 6.07) is 9.04. The minimum absolute atomic E-state index is 0.0824. The van der Waals surface area contributed by atoms with Crippen LogP contribution in [0.15, 0.2) is 30.3 Å². The molecule has 0 aliphatic rings. The van der Waals surface area contributed by atoms with E-state index >= 15 is 0 Å². The minimum Gasteiger partial charge on any atom is -0.324 e. The zero-order valence-electron chi connectivity index (χ0n) is 11.9. The van der Waals surface area contributed by atoms with Gasteiger partial charge in [0.2, 0.25) is 5.91 Å². The Kier molecular flexibility index (Phi) is 4.45. The van der Waals surface area contributed by atoms with Crippen LogP contribution in [0.25, 0.3) is 0 Å². The molecule has 20 heavy (non-hydrogen) atoms. The van der Waals surface area contributed by atoms with Crippen LogP contribution in [0, 0.1) is 13.8 Å². The Morgan fingerprint density at radius 3 is 2.50 bits per heavy atom. The Morgan fingerprint density at radius 2 is 2.00 bits per heavy atom. The van der Waals surface area contributed by atoms with Gasteiger partial charge in [-0.15, -0.1) is 0 Å². The molecule has 106 valence electrons. The maximum atomic E-state index is 12.4. The molecule has 0 bridgehead atoms. The number of nitrogens with zero attached hydrogens (tertiary/aromatic N) is 2. The predicted octanol–water partition coefficient (Wildman–Crippen LogP) is 3.74. The maximum Gasteiger partial charge on any atom is 0.249 e. The van der Waals surface area contributed by atoms with Gasteiger partial charge in [0.25, 0.3) is 0 Å². The number of para-hydroxylation sites is 1. The summed E-state index contributed by atoms with van der Waals surface area (Å²) < 4.78 is 1.70. The van der Waals surface area contributed by atoms with Crippen molar-refractivity contribution in [2.75, 3.05) is 5.32 Å². The smallest absolute Gasteiger partial charge is 0.249 e. The fraction of sp³-hybridized carbons (Fsp3) is 0.333. The van der Waals surface area contributed by atoms with Gasteiger partial charge in [0.05, 0.1) is 16.4 Å². The Balaban J connectivity index is 2.23. The van der Waals surface area contributed by atoms with E-state index in [1.807, 2.05) is 51.1 Å². The molecule has 2 aromatic rings. The van der Waals surface area contributed by atoms with Crippen LogP contribution in [0.2, 0.25) is 5.02 Å². The number of hydrogen-bond acceptors (Lipinski definition) is 2. The molecule has 0 aliphatic heterocycles. The van der Waals surface area contributed by atoms with E-state index < -0.39 is 0 Å². The van der Waals surface area contributed by atoms with Gasteiger partial charge in [-0.2, -0.15) is 5.10 Å². The van der Waals surface area contributed by atoms with E-state index in [0.717, 1.165) is 17.1 Å². The lowest BCUT2D eigenvalue weighted by Gasteiger charge is -2.17. The van der Waals surface area contributed by atoms with Crippen LogP contribution in [-0.2, 0) is 4.79 Å². The molecular weight excluding hydrogens is 274 g/mol. The quantitative estimate of drug-likeness (QED) is 0.933. The van der Waals surface area contributed by atoms with E-state index in [4.69, 9.17) is 11.6 Å². The monoisotopic (exact) mass is 291 g/mol. The molecule has 5 heteroatoms. The van der Waals surface area contributed by atoms with Crippen LogP contribution < -0.4 is 5.32 Å². The SMILES string of the molecule is CCC(C(=O)Nc1ccccc1)n1nc(C)c(Cl)c1C. The highest BCUT2D eigenvalue weighted by Gasteiger charge is 2.23. The number of carbonyl (C=O) groups excluding carboxylic acids is 1. The Morgan fingerprint density at radius 1 is 1.35 bits per heavy atom. The molecule has 4 nitrogen and oxygen atoms in total. The Bertz CT molecular complexity index is 607. The topological polar surface area (TPSA) is 46.9 Å². The molecule has 1 aromatic carbocycles. The number of aromatic nitrogens is 2. The van der Waals surface area contributed by atoms with Gasteiger partial charge in [0.1, 0.15) is 6.04 Å². The number of carbonyl (C=O) groups is 1. The van der Waals surface area contributed by atoms with E-state index in [0.29, 0.717) is 11.4 Å². The zero-order valence-corrected chi connectivity index (χ0v) is 12.6. The zero-order chi connectivity index (χ0) is 14.7. The van der Waals surface area contributed by atoms with Crippen LogP contribution >= 0.6 is 11.6 Å². The molecule has 0 aliphatic carbocycles. The van der Waals surface area contributed by atoms with Crippen molar-refractivity contribution < 1.29 is 4.79 Å². The summed E-state index contributed by atoms with van der Waals surface area (Å²) in [6.07, 6.45) is 0.650. The summed E-state index contributed by atoms with van der Waals surface area (Å²) in [5.74, 6) is -0.0824. The lowest BCUT2D eigenvalue weighted by Crippen LogP contribution is -2.27. The molecule has 1 amide bonds. The first-order valence-electron chi connectivity index (χ1n) is 6.61. The molecule has 1 aromatic heterocycles. The van der Waals surface area contributed by atoms with Crippen molar-refractivity contribution in [2.24, 2.45) is 0 Å². The highest BCUT2D eigenvalue weighted by Crippen LogP contribution is 2.24. The average Bonchev–Trinajstić information content (AvgIpc) is 2.69. The molecular formula is C15H18ClN3O. The van der Waals surface area contributed by atoms with E-state index in [9.17, 15) is 4.79 Å². The van der Waals surface area contributed by atoms with Crippen molar-refractivity contribution in [1.29, 1.82) is 0 Å². The Labute approximate surface area is 123 Å². The molecule has 1 unspecified atom stereocenters. The number of anilines is 1. The number of nitrogens with one attached hydrogen (secondary N) is 1. The van der Waals surface area contributed by atoms with E-state index in [2.05, 4.69) is 10.4 Å². The van der Waals surface area contributed by atoms with Gasteiger partial charge in [-0.25, -0.2) is 0 Å². The summed E-state index contributed by atoms with van der Waals surface area (Å²) in [7, 11) is 0. The van der Waals surface area contributed by atoms with Crippen molar-refractivity contribution in [3.05, 3.63) is 46.7 Å². The number of benzene rings is 1. The van der Waals surface area contributed by atoms with Crippen molar-refractivity contribution >= 4 is 23.2 Å². The first kappa shape index (κ1) is 14.6. The third kappa shape index (κ3) is 2.85. The normalized spacial score (nSPS) is 12.2. The Hall–Kier alpha value is -1.81. The molecule has 1 heterocycles. The van der Waals surface area contributed by atoms with Gasteiger partial charge < -0.3 is 5.32 Å². The molecule has 1 atom stereocenters. The predicted molar refractivity (Wildman–Crippen MR) is 81.1 cm³/mol. The van der Waals surface area contributed by atoms with Crippen LogP contribution in [0.1, 0.15) is 30.8 Å². The van der Waals surface area contributed by atoms with Crippen LogP contribution in [0.4, 0.5) is 5.69 Å². The highest BCUT2D eigenvalue weighted by atomic mass is 35.5. The maximum absolute atomic E-state index is 12.4. The molecule has 0 saturated carbocycles. The van der Waals surface area contributed by atoms with Crippen LogP contribution in [0.3, 0.4) is 0 Å². The number of hydrogen-bond donors (Lipinski definition) is 1. The van der Waals surface area contributed by atoms with Crippen molar-refractivity contribution in [3.63, 3.8) is 0 Å². The molecule has 2 rings (SSSR count). The number of rotatable bonds is 4. The summed E-state index contributed by atoms with van der Waals surface area (Å²) >= 11 is 6.15. The summed E-state index contributed by atoms with van der Waals surface area (Å²) in [5.41, 5.74) is 2.35. The standard InChI is InChI=1S/C15H18ClN3O/c1-4-13(19-11(3)14(16)10(2)18-19)15(20)17-12-8-6-5-7-9-12/h5-9,13H,4H2,1-3H3,(H,17,20). The lowest BCUT2D eigenvalue weighted by atomic mass is 10.2. The third-order valence-electron chi connectivity index (χ3n) is 3.26. The van der Waals surface area contributed by atoms with Crippen LogP contribution in [-0.4, -0.2) is 15.7 Å². The van der Waals surface area contributed by atoms with Gasteiger partial charge in [0.15, 0.2) is 0 Å². The number of aryl methyl sites for hydroxylation is 1. The summed E-state index contributed by atoms with van der Waals surface area (Å²) in [6.45, 7) is 5.67. The molecule has 0 spiro atoms. The van der Waals surface area contributed by atoms with E-state index in [1.165, 1.54) is 0 Å². The molecule has 0 radical (unpaired) electrons. The first-order valence-corrected chi connectivity index (χ1v) is 6.99. The average molecular weight is 292 g/mol. The second kappa shape index (κ2) is 6.09. The lowest BCUT2D eigenvalue weighted by molar-refractivity contribution is -0.119. The second-order valence-corrected chi connectivity index (χ2v) is 5.09. The number of halogens is 1. The van der Waals surface area contributed by atoms with Crippen LogP contribution in [0.5, 0.6) is 0 Å².